The standard InChI is InChI=1S/C22H24N4OS/c1-2-26-20(18-13-7-4-8-14-18)23-24-22(26)28-19(17-11-5-3-6-12-17)21(27)25-15-9-10-16-25/h3-8,11-14,19H,2,9-10,15-16H2,1H3/t19-/m1/s1. The zero-order chi connectivity index (χ0) is 19.3. The molecule has 6 heteroatoms. The van der Waals surface area contributed by atoms with Crippen LogP contribution in [0, 0.1) is 0 Å². The number of amides is 1. The smallest absolute Gasteiger partial charge is 0.240 e. The maximum atomic E-state index is 13.3. The molecule has 0 N–H and O–H groups in total. The third-order valence-corrected chi connectivity index (χ3v) is 6.26. The van der Waals surface area contributed by atoms with Crippen LogP contribution in [0.4, 0.5) is 0 Å². The molecule has 0 saturated carbocycles. The molecule has 1 aliphatic rings. The summed E-state index contributed by atoms with van der Waals surface area (Å²) < 4.78 is 2.09. The highest BCUT2D eigenvalue weighted by Crippen LogP contribution is 2.37. The van der Waals surface area contributed by atoms with Crippen LogP contribution in [0.15, 0.2) is 65.8 Å². The fourth-order valence-electron chi connectivity index (χ4n) is 3.56. The molecular formula is C22H24N4OS. The zero-order valence-electron chi connectivity index (χ0n) is 16.0. The van der Waals surface area contributed by atoms with Crippen LogP contribution in [0.5, 0.6) is 0 Å². The Morgan fingerprint density at radius 3 is 2.29 bits per heavy atom. The monoisotopic (exact) mass is 392 g/mol. The van der Waals surface area contributed by atoms with Gasteiger partial charge in [0.2, 0.25) is 5.91 Å². The van der Waals surface area contributed by atoms with Crippen LogP contribution < -0.4 is 0 Å². The average Bonchev–Trinajstić information content (AvgIpc) is 3.42. The number of rotatable bonds is 6. The topological polar surface area (TPSA) is 51.0 Å². The zero-order valence-corrected chi connectivity index (χ0v) is 16.8. The summed E-state index contributed by atoms with van der Waals surface area (Å²) in [7, 11) is 0. The highest BCUT2D eigenvalue weighted by molar-refractivity contribution is 8.00. The van der Waals surface area contributed by atoms with E-state index < -0.39 is 0 Å². The summed E-state index contributed by atoms with van der Waals surface area (Å²) in [4.78, 5) is 15.3. The van der Waals surface area contributed by atoms with Gasteiger partial charge in [-0.1, -0.05) is 72.4 Å². The minimum atomic E-state index is -0.308. The Hall–Kier alpha value is -2.60. The Bertz CT molecular complexity index is 920. The fraction of sp³-hybridized carbons (Fsp3) is 0.318. The van der Waals surface area contributed by atoms with Crippen molar-refractivity contribution >= 4 is 17.7 Å². The molecule has 5 nitrogen and oxygen atoms in total. The van der Waals surface area contributed by atoms with Gasteiger partial charge in [-0.05, 0) is 25.3 Å². The van der Waals surface area contributed by atoms with Crippen molar-refractivity contribution in [2.75, 3.05) is 13.1 Å². The summed E-state index contributed by atoms with van der Waals surface area (Å²) in [5.41, 5.74) is 2.04. The molecule has 1 atom stereocenters. The largest absolute Gasteiger partial charge is 0.341 e. The van der Waals surface area contributed by atoms with Crippen LogP contribution in [0.2, 0.25) is 0 Å². The molecule has 144 valence electrons. The van der Waals surface area contributed by atoms with Crippen molar-refractivity contribution < 1.29 is 4.79 Å². The van der Waals surface area contributed by atoms with Crippen molar-refractivity contribution in [3.63, 3.8) is 0 Å². The molecule has 3 aromatic rings. The molecule has 1 fully saturated rings. The quantitative estimate of drug-likeness (QED) is 0.583. The van der Waals surface area contributed by atoms with Gasteiger partial charge in [-0.15, -0.1) is 10.2 Å². The summed E-state index contributed by atoms with van der Waals surface area (Å²) >= 11 is 1.50. The van der Waals surface area contributed by atoms with E-state index in [4.69, 9.17) is 0 Å². The first kappa shape index (κ1) is 18.7. The van der Waals surface area contributed by atoms with Gasteiger partial charge in [0.1, 0.15) is 5.25 Å². The molecule has 0 aliphatic carbocycles. The van der Waals surface area contributed by atoms with Crippen molar-refractivity contribution in [1.82, 2.24) is 19.7 Å². The van der Waals surface area contributed by atoms with E-state index in [1.54, 1.807) is 0 Å². The molecule has 2 aromatic carbocycles. The number of likely N-dealkylation sites (tertiary alicyclic amines) is 1. The van der Waals surface area contributed by atoms with Crippen LogP contribution in [-0.4, -0.2) is 38.7 Å². The molecule has 0 spiro atoms. The second-order valence-corrected chi connectivity index (χ2v) is 7.93. The van der Waals surface area contributed by atoms with E-state index in [0.717, 1.165) is 54.6 Å². The SMILES string of the molecule is CCn1c(S[C@@H](C(=O)N2CCCC2)c2ccccc2)nnc1-c1ccccc1. The van der Waals surface area contributed by atoms with Gasteiger partial charge in [0, 0.05) is 25.2 Å². The van der Waals surface area contributed by atoms with Crippen LogP contribution in [0.25, 0.3) is 11.4 Å². The lowest BCUT2D eigenvalue weighted by molar-refractivity contribution is -0.129. The van der Waals surface area contributed by atoms with E-state index in [1.807, 2.05) is 65.6 Å². The molecule has 1 aromatic heterocycles. The normalized spacial score (nSPS) is 15.0. The third-order valence-electron chi connectivity index (χ3n) is 5.03. The van der Waals surface area contributed by atoms with E-state index in [-0.39, 0.29) is 11.2 Å². The molecule has 4 rings (SSSR count). The first-order chi connectivity index (χ1) is 13.8. The number of benzene rings is 2. The molecular weight excluding hydrogens is 368 g/mol. The van der Waals surface area contributed by atoms with Gasteiger partial charge in [-0.2, -0.15) is 0 Å². The minimum Gasteiger partial charge on any atom is -0.341 e. The summed E-state index contributed by atoms with van der Waals surface area (Å²) in [6.45, 7) is 4.52. The highest BCUT2D eigenvalue weighted by Gasteiger charge is 2.30. The molecule has 1 amide bonds. The fourth-order valence-corrected chi connectivity index (χ4v) is 4.74. The maximum Gasteiger partial charge on any atom is 0.240 e. The van der Waals surface area contributed by atoms with Crippen molar-refractivity contribution in [1.29, 1.82) is 0 Å². The van der Waals surface area contributed by atoms with E-state index >= 15 is 0 Å². The predicted octanol–water partition coefficient (Wildman–Crippen LogP) is 4.42. The van der Waals surface area contributed by atoms with Gasteiger partial charge in [0.15, 0.2) is 11.0 Å². The third kappa shape index (κ3) is 3.83. The second kappa shape index (κ2) is 8.61. The first-order valence-corrected chi connectivity index (χ1v) is 10.6. The number of thioether (sulfide) groups is 1. The number of carbonyl (C=O) groups is 1. The van der Waals surface area contributed by atoms with Crippen molar-refractivity contribution in [3.8, 4) is 11.4 Å². The van der Waals surface area contributed by atoms with E-state index in [2.05, 4.69) is 21.7 Å². The Kier molecular flexibility index (Phi) is 5.76. The van der Waals surface area contributed by atoms with Gasteiger partial charge in [-0.25, -0.2) is 0 Å². The van der Waals surface area contributed by atoms with E-state index in [0.29, 0.717) is 0 Å². The Morgan fingerprint density at radius 2 is 1.64 bits per heavy atom. The van der Waals surface area contributed by atoms with Crippen molar-refractivity contribution in [2.45, 2.75) is 36.7 Å². The lowest BCUT2D eigenvalue weighted by atomic mass is 10.1. The van der Waals surface area contributed by atoms with E-state index in [9.17, 15) is 4.79 Å². The molecule has 0 unspecified atom stereocenters. The van der Waals surface area contributed by atoms with Gasteiger partial charge in [0.25, 0.3) is 0 Å². The Morgan fingerprint density at radius 1 is 1.00 bits per heavy atom. The molecule has 2 heterocycles. The highest BCUT2D eigenvalue weighted by atomic mass is 32.2. The van der Waals surface area contributed by atoms with Crippen LogP contribution >= 0.6 is 11.8 Å². The number of carbonyl (C=O) groups excluding carboxylic acids is 1. The molecule has 0 radical (unpaired) electrons. The average molecular weight is 393 g/mol. The van der Waals surface area contributed by atoms with Gasteiger partial charge < -0.3 is 9.47 Å². The van der Waals surface area contributed by atoms with Gasteiger partial charge in [0.05, 0.1) is 0 Å². The molecule has 28 heavy (non-hydrogen) atoms. The van der Waals surface area contributed by atoms with Crippen LogP contribution in [-0.2, 0) is 11.3 Å². The lowest BCUT2D eigenvalue weighted by Gasteiger charge is -2.23. The summed E-state index contributed by atoms with van der Waals surface area (Å²) in [6.07, 6.45) is 2.17. The summed E-state index contributed by atoms with van der Waals surface area (Å²) in [6, 6.07) is 20.1. The Balaban J connectivity index is 1.67. The van der Waals surface area contributed by atoms with Gasteiger partial charge in [-0.3, -0.25) is 4.79 Å². The number of hydrogen-bond acceptors (Lipinski definition) is 4. The van der Waals surface area contributed by atoms with Crippen molar-refractivity contribution in [2.24, 2.45) is 0 Å². The maximum absolute atomic E-state index is 13.3. The number of hydrogen-bond donors (Lipinski definition) is 0. The first-order valence-electron chi connectivity index (χ1n) is 9.77. The van der Waals surface area contributed by atoms with Gasteiger partial charge >= 0.3 is 0 Å². The number of nitrogens with zero attached hydrogens (tertiary/aromatic N) is 4. The summed E-state index contributed by atoms with van der Waals surface area (Å²) in [5, 5.41) is 9.34. The molecule has 1 saturated heterocycles. The second-order valence-electron chi connectivity index (χ2n) is 6.86. The van der Waals surface area contributed by atoms with Crippen molar-refractivity contribution in [3.05, 3.63) is 66.2 Å². The molecule has 1 aliphatic heterocycles. The van der Waals surface area contributed by atoms with Crippen LogP contribution in [0.3, 0.4) is 0 Å². The lowest BCUT2D eigenvalue weighted by Crippen LogP contribution is -2.31. The minimum absolute atomic E-state index is 0.167. The summed E-state index contributed by atoms with van der Waals surface area (Å²) in [5.74, 6) is 1.01. The Labute approximate surface area is 169 Å². The molecule has 0 bridgehead atoms. The predicted molar refractivity (Wildman–Crippen MR) is 112 cm³/mol. The number of aromatic nitrogens is 3. The van der Waals surface area contributed by atoms with E-state index in [1.165, 1.54) is 11.8 Å². The van der Waals surface area contributed by atoms with Crippen LogP contribution in [0.1, 0.15) is 30.6 Å².